The van der Waals surface area contributed by atoms with Gasteiger partial charge in [-0.05, 0) is 0 Å². The van der Waals surface area contributed by atoms with E-state index in [1.165, 1.54) is 0 Å². The van der Waals surface area contributed by atoms with Crippen LogP contribution in [0.1, 0.15) is 5.71 Å². The second-order valence-corrected chi connectivity index (χ2v) is 0. The van der Waals surface area contributed by atoms with Gasteiger partial charge < -0.3 is 5.71 Å². The molecule has 0 aliphatic carbocycles. The molecule has 4 heavy (non-hydrogen) atoms. The zero-order valence-electron chi connectivity index (χ0n) is 5.91. The van der Waals surface area contributed by atoms with Crippen LogP contribution in [0.5, 0.6) is 0 Å². The first-order valence-corrected chi connectivity index (χ1v) is 0. The summed E-state index contributed by atoms with van der Waals surface area (Å²) in [5.41, 5.74) is 0. The molecule has 18 valence electrons. The molecule has 0 rings (SSSR count). The van der Waals surface area contributed by atoms with Crippen LogP contribution in [0.2, 0.25) is 0 Å². The zero-order valence-corrected chi connectivity index (χ0v) is 7.10. The van der Waals surface area contributed by atoms with Crippen LogP contribution in [0.25, 0.3) is 0 Å². The Bertz CT molecular complexity index is 16.0. The van der Waals surface area contributed by atoms with Crippen LogP contribution in [-0.2, 0) is 21.7 Å². The predicted octanol–water partition coefficient (Wildman–Crippen LogP) is -1.50. The van der Waals surface area contributed by atoms with E-state index in [9.17, 15) is 0 Å². The Morgan fingerprint density at radius 1 is 1.25 bits per heavy atom. The molecular formula is H7AlCaMgTi. The van der Waals surface area contributed by atoms with Crippen LogP contribution in [0.15, 0.2) is 0 Å². The second kappa shape index (κ2) is 16.3. The summed E-state index contributed by atoms with van der Waals surface area (Å²) in [5.74, 6) is 0. The molecular weight excluding hydrogens is 139 g/mol. The standard InChI is InChI=1S/Al.Ca.Mg.Ti.7H/q;2*+2;;;;;4*-1. The third-order valence-electron chi connectivity index (χ3n) is 0. The maximum Gasteiger partial charge on any atom is 2.00 e. The van der Waals surface area contributed by atoms with Crippen LogP contribution in [0.3, 0.4) is 0 Å². The van der Waals surface area contributed by atoms with E-state index in [4.69, 9.17) is 0 Å². The predicted molar refractivity (Wildman–Crippen MR) is 25.9 cm³/mol. The Kier molecular flexibility index (Phi) is 109. The molecule has 0 N–H and O–H groups in total. The van der Waals surface area contributed by atoms with Crippen molar-refractivity contribution in [2.75, 3.05) is 0 Å². The maximum absolute atomic E-state index is 0. The Morgan fingerprint density at radius 3 is 1.25 bits per heavy atom. The minimum absolute atomic E-state index is 0. The van der Waals surface area contributed by atoms with E-state index in [-0.39, 0.29) is 106 Å². The minimum Gasteiger partial charge on any atom is -1.00 e. The Balaban J connectivity index is 0. The van der Waals surface area contributed by atoms with Gasteiger partial charge in [-0.3, -0.25) is 0 Å². The van der Waals surface area contributed by atoms with Crippen molar-refractivity contribution in [1.29, 1.82) is 0 Å². The molecule has 0 aromatic carbocycles. The van der Waals surface area contributed by atoms with Gasteiger partial charge in [0.05, 0.1) is 0 Å². The van der Waals surface area contributed by atoms with E-state index >= 15 is 0 Å². The Labute approximate surface area is 104 Å². The van der Waals surface area contributed by atoms with Crippen molar-refractivity contribution in [3.05, 3.63) is 0 Å². The van der Waals surface area contributed by atoms with Gasteiger partial charge in [0.2, 0.25) is 0 Å². The zero-order chi connectivity index (χ0) is 0. The van der Waals surface area contributed by atoms with Gasteiger partial charge in [0, 0.05) is 21.7 Å². The maximum atomic E-state index is 0. The summed E-state index contributed by atoms with van der Waals surface area (Å²) in [5, 5.41) is 0. The number of hydrogen-bond donors (Lipinski definition) is 0. The molecule has 0 spiro atoms. The van der Waals surface area contributed by atoms with Crippen LogP contribution < -0.4 is 0 Å². The quantitative estimate of drug-likeness (QED) is 0.365. The fraction of sp³-hybridized carbons (Fsp3) is 0. The summed E-state index contributed by atoms with van der Waals surface area (Å²) in [6.07, 6.45) is 0. The van der Waals surface area contributed by atoms with Gasteiger partial charge >= 0.3 is 60.8 Å². The molecule has 0 bridgehead atoms. The first-order chi connectivity index (χ1) is 0. The molecule has 0 nitrogen and oxygen atoms in total. The van der Waals surface area contributed by atoms with Crippen LogP contribution in [-0.4, -0.2) is 78.2 Å². The minimum atomic E-state index is 0. The molecule has 0 fully saturated rings. The third-order valence-corrected chi connectivity index (χ3v) is 0. The number of hydrogen-bond acceptors (Lipinski definition) is 0. The summed E-state index contributed by atoms with van der Waals surface area (Å²) in [4.78, 5) is 0. The molecule has 0 aliphatic heterocycles. The molecule has 0 radical (unpaired) electrons. The van der Waals surface area contributed by atoms with Crippen molar-refractivity contribution in [1.82, 2.24) is 0 Å². The van der Waals surface area contributed by atoms with E-state index in [2.05, 4.69) is 0 Å². The largest absolute Gasteiger partial charge is 2.00 e. The van der Waals surface area contributed by atoms with Gasteiger partial charge in [-0.25, -0.2) is 0 Å². The van der Waals surface area contributed by atoms with E-state index in [0.29, 0.717) is 0 Å². The first kappa shape index (κ1) is 26.7. The van der Waals surface area contributed by atoms with Crippen molar-refractivity contribution in [2.24, 2.45) is 0 Å². The molecule has 0 amide bonds. The average Bonchev–Trinajstić information content (AvgIpc) is 0. The molecule has 0 heterocycles. The van der Waals surface area contributed by atoms with Crippen LogP contribution in [0.4, 0.5) is 0 Å². The molecule has 0 saturated carbocycles. The van der Waals surface area contributed by atoms with Crippen molar-refractivity contribution >= 4 is 78.2 Å². The summed E-state index contributed by atoms with van der Waals surface area (Å²) in [6, 6.07) is 0. The van der Waals surface area contributed by atoms with E-state index in [1.807, 2.05) is 0 Å². The van der Waals surface area contributed by atoms with Gasteiger partial charge in [0.1, 0.15) is 0 Å². The summed E-state index contributed by atoms with van der Waals surface area (Å²) in [6.45, 7) is 0. The Morgan fingerprint density at radius 2 is 1.25 bits per heavy atom. The molecule has 0 saturated heterocycles. The van der Waals surface area contributed by atoms with Crippen LogP contribution in [0, 0.1) is 0 Å². The molecule has 0 aromatic rings. The first-order valence-electron chi connectivity index (χ1n) is 0. The third kappa shape index (κ3) is 8.99. The molecule has 0 unspecified atom stereocenters. The van der Waals surface area contributed by atoms with Crippen LogP contribution >= 0.6 is 0 Å². The van der Waals surface area contributed by atoms with Crippen molar-refractivity contribution in [3.8, 4) is 0 Å². The molecule has 0 aliphatic rings. The molecule has 0 aromatic heterocycles. The molecule has 4 heteroatoms. The van der Waals surface area contributed by atoms with Gasteiger partial charge in [-0.15, -0.1) is 0 Å². The monoisotopic (exact) mass is 146 g/mol. The van der Waals surface area contributed by atoms with Gasteiger partial charge in [-0.2, -0.15) is 0 Å². The number of rotatable bonds is 0. The van der Waals surface area contributed by atoms with E-state index in [0.717, 1.165) is 0 Å². The fourth-order valence-electron chi connectivity index (χ4n) is 0. The van der Waals surface area contributed by atoms with Gasteiger partial charge in [-0.1, -0.05) is 0 Å². The average molecular weight is 146 g/mol. The van der Waals surface area contributed by atoms with Crippen molar-refractivity contribution in [2.45, 2.75) is 0 Å². The van der Waals surface area contributed by atoms with Crippen molar-refractivity contribution < 1.29 is 27.4 Å². The summed E-state index contributed by atoms with van der Waals surface area (Å²) < 4.78 is 0. The fourth-order valence-corrected chi connectivity index (χ4v) is 0. The topological polar surface area (TPSA) is 0 Å². The van der Waals surface area contributed by atoms with E-state index in [1.54, 1.807) is 0 Å². The second-order valence-electron chi connectivity index (χ2n) is 0. The smallest absolute Gasteiger partial charge is 1.00 e. The van der Waals surface area contributed by atoms with E-state index < -0.39 is 0 Å². The van der Waals surface area contributed by atoms with Gasteiger partial charge in [0.25, 0.3) is 0 Å². The van der Waals surface area contributed by atoms with Crippen molar-refractivity contribution in [3.63, 3.8) is 0 Å². The SMILES string of the molecule is [AlH3].[Ca+2].[H-].[H-].[H-].[H-].[Mg+2].[Ti]. The molecule has 0 atom stereocenters. The summed E-state index contributed by atoms with van der Waals surface area (Å²) >= 11 is 0. The Hall–Kier alpha value is 3.27. The van der Waals surface area contributed by atoms with Gasteiger partial charge in [0.15, 0.2) is 17.4 Å². The normalized spacial score (nSPS) is 0. The summed E-state index contributed by atoms with van der Waals surface area (Å²) in [7, 11) is 0.